The van der Waals surface area contributed by atoms with E-state index in [0.717, 1.165) is 12.0 Å². The smallest absolute Gasteiger partial charge is 0.00699 e. The van der Waals surface area contributed by atoms with E-state index in [1.165, 1.54) is 64.3 Å². The Labute approximate surface area is 101 Å². The molecule has 16 heavy (non-hydrogen) atoms. The van der Waals surface area contributed by atoms with E-state index in [9.17, 15) is 0 Å². The van der Waals surface area contributed by atoms with Crippen molar-refractivity contribution in [1.29, 1.82) is 0 Å². The van der Waals surface area contributed by atoms with Gasteiger partial charge in [-0.05, 0) is 63.8 Å². The molecule has 1 saturated carbocycles. The molecule has 0 aromatic heterocycles. The Morgan fingerprint density at radius 3 is 2.94 bits per heavy atom. The van der Waals surface area contributed by atoms with E-state index < -0.39 is 0 Å². The Bertz CT molecular complexity index is 232. The molecule has 0 saturated heterocycles. The Hall–Kier alpha value is -0.300. The third-order valence-corrected chi connectivity index (χ3v) is 4.38. The largest absolute Gasteiger partial charge is 0.314 e. The third-order valence-electron chi connectivity index (χ3n) is 4.38. The number of rotatable bonds is 5. The summed E-state index contributed by atoms with van der Waals surface area (Å²) in [5, 5.41) is 3.75. The summed E-state index contributed by atoms with van der Waals surface area (Å²) in [5.41, 5.74) is 1.71. The molecule has 0 aromatic rings. The maximum atomic E-state index is 3.75. The van der Waals surface area contributed by atoms with Crippen molar-refractivity contribution in [2.45, 2.75) is 70.8 Å². The lowest BCUT2D eigenvalue weighted by Crippen LogP contribution is -2.27. The van der Waals surface area contributed by atoms with Crippen molar-refractivity contribution in [3.63, 3.8) is 0 Å². The van der Waals surface area contributed by atoms with Crippen LogP contribution in [0.1, 0.15) is 64.7 Å². The lowest BCUT2D eigenvalue weighted by molar-refractivity contribution is 0.476. The first-order valence-electron chi connectivity index (χ1n) is 7.29. The molecule has 0 aliphatic heterocycles. The van der Waals surface area contributed by atoms with Crippen LogP contribution in [0.3, 0.4) is 0 Å². The second-order valence-corrected chi connectivity index (χ2v) is 5.60. The lowest BCUT2D eigenvalue weighted by Gasteiger charge is -2.16. The molecule has 0 bridgehead atoms. The van der Waals surface area contributed by atoms with Gasteiger partial charge in [-0.1, -0.05) is 25.0 Å². The predicted octanol–water partition coefficient (Wildman–Crippen LogP) is 4.05. The second kappa shape index (κ2) is 6.44. The molecule has 92 valence electrons. The highest BCUT2D eigenvalue weighted by Crippen LogP contribution is 2.28. The van der Waals surface area contributed by atoms with E-state index in [0.29, 0.717) is 0 Å². The van der Waals surface area contributed by atoms with Crippen LogP contribution >= 0.6 is 0 Å². The van der Waals surface area contributed by atoms with E-state index in [2.05, 4.69) is 18.3 Å². The summed E-state index contributed by atoms with van der Waals surface area (Å²) in [6.07, 6.45) is 15.0. The lowest BCUT2D eigenvalue weighted by atomic mass is 9.97. The van der Waals surface area contributed by atoms with Crippen LogP contribution in [0.15, 0.2) is 11.6 Å². The van der Waals surface area contributed by atoms with Crippen LogP contribution in [0.4, 0.5) is 0 Å². The molecule has 1 nitrogen and oxygen atoms in total. The Balaban J connectivity index is 1.59. The predicted molar refractivity (Wildman–Crippen MR) is 70.6 cm³/mol. The van der Waals surface area contributed by atoms with Gasteiger partial charge >= 0.3 is 0 Å². The van der Waals surface area contributed by atoms with E-state index in [1.54, 1.807) is 5.57 Å². The number of allylic oxidation sites excluding steroid dienone is 1. The van der Waals surface area contributed by atoms with Crippen molar-refractivity contribution >= 4 is 0 Å². The van der Waals surface area contributed by atoms with Crippen LogP contribution in [-0.2, 0) is 0 Å². The summed E-state index contributed by atoms with van der Waals surface area (Å²) in [6.45, 7) is 3.55. The van der Waals surface area contributed by atoms with E-state index in [-0.39, 0.29) is 0 Å². The molecule has 2 aliphatic carbocycles. The fourth-order valence-corrected chi connectivity index (χ4v) is 3.20. The van der Waals surface area contributed by atoms with E-state index in [4.69, 9.17) is 0 Å². The van der Waals surface area contributed by atoms with Crippen molar-refractivity contribution in [1.82, 2.24) is 5.32 Å². The number of hydrogen-bond acceptors (Lipinski definition) is 1. The minimum Gasteiger partial charge on any atom is -0.314 e. The molecule has 1 N–H and O–H groups in total. The summed E-state index contributed by atoms with van der Waals surface area (Å²) < 4.78 is 0. The van der Waals surface area contributed by atoms with Gasteiger partial charge in [0.15, 0.2) is 0 Å². The molecular formula is C15H27N. The van der Waals surface area contributed by atoms with Crippen molar-refractivity contribution in [3.05, 3.63) is 11.6 Å². The highest BCUT2D eigenvalue weighted by atomic mass is 14.9. The molecule has 0 aromatic carbocycles. The Morgan fingerprint density at radius 1 is 1.31 bits per heavy atom. The van der Waals surface area contributed by atoms with Gasteiger partial charge in [-0.3, -0.25) is 0 Å². The molecular weight excluding hydrogens is 194 g/mol. The zero-order valence-corrected chi connectivity index (χ0v) is 10.8. The van der Waals surface area contributed by atoms with Gasteiger partial charge in [0.05, 0.1) is 0 Å². The number of hydrogen-bond donors (Lipinski definition) is 1. The maximum Gasteiger partial charge on any atom is 0.00699 e. The monoisotopic (exact) mass is 221 g/mol. The molecule has 2 atom stereocenters. The topological polar surface area (TPSA) is 12.0 Å². The van der Waals surface area contributed by atoms with Crippen molar-refractivity contribution in [2.75, 3.05) is 6.54 Å². The van der Waals surface area contributed by atoms with Crippen molar-refractivity contribution < 1.29 is 0 Å². The SMILES string of the molecule is CCC1CCC(NCCC2=CCCCC2)C1. The summed E-state index contributed by atoms with van der Waals surface area (Å²) in [7, 11) is 0. The normalized spacial score (nSPS) is 30.4. The fourth-order valence-electron chi connectivity index (χ4n) is 3.20. The Kier molecular flexibility index (Phi) is 4.90. The average molecular weight is 221 g/mol. The van der Waals surface area contributed by atoms with Gasteiger partial charge < -0.3 is 5.32 Å². The second-order valence-electron chi connectivity index (χ2n) is 5.60. The summed E-state index contributed by atoms with van der Waals surface area (Å²) in [4.78, 5) is 0. The molecule has 1 fully saturated rings. The highest BCUT2D eigenvalue weighted by Gasteiger charge is 2.22. The van der Waals surface area contributed by atoms with Gasteiger partial charge in [0, 0.05) is 6.04 Å². The van der Waals surface area contributed by atoms with Crippen molar-refractivity contribution in [2.24, 2.45) is 5.92 Å². The maximum absolute atomic E-state index is 3.75. The van der Waals surface area contributed by atoms with Crippen LogP contribution in [0, 0.1) is 5.92 Å². The first-order valence-corrected chi connectivity index (χ1v) is 7.29. The van der Waals surface area contributed by atoms with Crippen LogP contribution in [0.5, 0.6) is 0 Å². The number of nitrogens with one attached hydrogen (secondary N) is 1. The van der Waals surface area contributed by atoms with Gasteiger partial charge in [-0.25, -0.2) is 0 Å². The highest BCUT2D eigenvalue weighted by molar-refractivity contribution is 5.05. The van der Waals surface area contributed by atoms with Gasteiger partial charge in [-0.2, -0.15) is 0 Å². The summed E-state index contributed by atoms with van der Waals surface area (Å²) >= 11 is 0. The molecule has 0 spiro atoms. The zero-order chi connectivity index (χ0) is 11.2. The van der Waals surface area contributed by atoms with Crippen LogP contribution in [0.2, 0.25) is 0 Å². The molecule has 0 radical (unpaired) electrons. The van der Waals surface area contributed by atoms with Crippen LogP contribution in [-0.4, -0.2) is 12.6 Å². The van der Waals surface area contributed by atoms with Crippen LogP contribution in [0.25, 0.3) is 0 Å². The quantitative estimate of drug-likeness (QED) is 0.691. The van der Waals surface area contributed by atoms with Crippen molar-refractivity contribution in [3.8, 4) is 0 Å². The first kappa shape index (κ1) is 12.2. The fraction of sp³-hybridized carbons (Fsp3) is 0.867. The van der Waals surface area contributed by atoms with E-state index in [1.807, 2.05) is 0 Å². The Morgan fingerprint density at radius 2 is 2.25 bits per heavy atom. The van der Waals surface area contributed by atoms with E-state index >= 15 is 0 Å². The molecule has 0 amide bonds. The first-order chi connectivity index (χ1) is 7.88. The molecule has 0 heterocycles. The standard InChI is InChI=1S/C15H27N/c1-2-13-8-9-15(12-13)16-11-10-14-6-4-3-5-7-14/h6,13,15-16H,2-5,7-12H2,1H3. The van der Waals surface area contributed by atoms with Gasteiger partial charge in [0.1, 0.15) is 0 Å². The van der Waals surface area contributed by atoms with Gasteiger partial charge in [0.25, 0.3) is 0 Å². The van der Waals surface area contributed by atoms with Gasteiger partial charge in [-0.15, -0.1) is 0 Å². The molecule has 2 rings (SSSR count). The average Bonchev–Trinajstić information content (AvgIpc) is 2.78. The molecule has 2 aliphatic rings. The zero-order valence-electron chi connectivity index (χ0n) is 10.8. The minimum atomic E-state index is 0.828. The van der Waals surface area contributed by atoms with Crippen LogP contribution < -0.4 is 5.32 Å². The molecule has 2 unspecified atom stereocenters. The third kappa shape index (κ3) is 3.62. The van der Waals surface area contributed by atoms with Gasteiger partial charge in [0.2, 0.25) is 0 Å². The molecule has 1 heteroatoms. The summed E-state index contributed by atoms with van der Waals surface area (Å²) in [5.74, 6) is 1.01. The minimum absolute atomic E-state index is 0.828. The summed E-state index contributed by atoms with van der Waals surface area (Å²) in [6, 6.07) is 0.828.